The van der Waals surface area contributed by atoms with Gasteiger partial charge in [0, 0.05) is 0 Å². The molecule has 0 saturated heterocycles. The number of phenols is 1. The van der Waals surface area contributed by atoms with Crippen LogP contribution in [0.15, 0.2) is 18.2 Å². The molecule has 3 nitrogen and oxygen atoms in total. The van der Waals surface area contributed by atoms with E-state index in [0.717, 1.165) is 6.07 Å². The lowest BCUT2D eigenvalue weighted by Crippen LogP contribution is -2.12. The van der Waals surface area contributed by atoms with Crippen LogP contribution in [0.5, 0.6) is 5.75 Å². The summed E-state index contributed by atoms with van der Waals surface area (Å²) in [5.41, 5.74) is 3.43. The number of halogens is 3. The van der Waals surface area contributed by atoms with E-state index in [1.54, 1.807) is 0 Å². The predicted molar refractivity (Wildman–Crippen MR) is 41.6 cm³/mol. The molecule has 14 heavy (non-hydrogen) atoms. The summed E-state index contributed by atoms with van der Waals surface area (Å²) in [6.07, 6.45) is -4.55. The minimum Gasteiger partial charge on any atom is -0.507 e. The van der Waals surface area contributed by atoms with E-state index in [0.29, 0.717) is 12.1 Å². The zero-order valence-corrected chi connectivity index (χ0v) is 6.80. The third kappa shape index (κ3) is 1.95. The molecule has 1 aromatic carbocycles. The van der Waals surface area contributed by atoms with E-state index in [-0.39, 0.29) is 5.56 Å². The van der Waals surface area contributed by atoms with Crippen LogP contribution in [0, 0.1) is 0 Å². The van der Waals surface area contributed by atoms with Crippen molar-refractivity contribution in [2.45, 2.75) is 6.18 Å². The summed E-state index contributed by atoms with van der Waals surface area (Å²) < 4.78 is 36.2. The second-order valence-corrected chi connectivity index (χ2v) is 2.59. The third-order valence-corrected chi connectivity index (χ3v) is 1.59. The normalized spacial score (nSPS) is 11.4. The number of amides is 1. The molecule has 0 bridgehead atoms. The Morgan fingerprint density at radius 2 is 1.93 bits per heavy atom. The molecule has 6 heteroatoms. The molecule has 0 radical (unpaired) electrons. The fourth-order valence-electron chi connectivity index (χ4n) is 0.916. The molecule has 1 amide bonds. The van der Waals surface area contributed by atoms with Crippen molar-refractivity contribution in [2.75, 3.05) is 0 Å². The van der Waals surface area contributed by atoms with Crippen molar-refractivity contribution in [3.8, 4) is 5.75 Å². The lowest BCUT2D eigenvalue weighted by Gasteiger charge is -2.07. The fourth-order valence-corrected chi connectivity index (χ4v) is 0.916. The van der Waals surface area contributed by atoms with E-state index < -0.39 is 23.4 Å². The van der Waals surface area contributed by atoms with E-state index >= 15 is 0 Å². The van der Waals surface area contributed by atoms with Crippen molar-refractivity contribution < 1.29 is 23.1 Å². The number of primary amides is 1. The first-order chi connectivity index (χ1) is 6.32. The Kier molecular flexibility index (Phi) is 2.37. The molecule has 0 spiro atoms. The first kappa shape index (κ1) is 10.4. The van der Waals surface area contributed by atoms with Crippen LogP contribution < -0.4 is 5.73 Å². The Bertz CT molecular complexity index is 373. The standard InChI is InChI=1S/C8H6F3NO2/c9-8(10,11)4-1-2-5(7(12)14)6(13)3-4/h1-3,13H,(H2,12,14). The predicted octanol–water partition coefficient (Wildman–Crippen LogP) is 1.51. The van der Waals surface area contributed by atoms with Gasteiger partial charge >= 0.3 is 6.18 Å². The molecule has 1 aromatic rings. The second kappa shape index (κ2) is 3.21. The molecule has 0 fully saturated rings. The Hall–Kier alpha value is -1.72. The Balaban J connectivity index is 3.20. The maximum absolute atomic E-state index is 12.1. The molecule has 0 atom stereocenters. The van der Waals surface area contributed by atoms with Crippen molar-refractivity contribution in [3.05, 3.63) is 29.3 Å². The SMILES string of the molecule is NC(=O)c1ccc(C(F)(F)F)cc1O. The average Bonchev–Trinajstić information content (AvgIpc) is 2.01. The maximum atomic E-state index is 12.1. The minimum absolute atomic E-state index is 0.335. The van der Waals surface area contributed by atoms with Crippen molar-refractivity contribution >= 4 is 5.91 Å². The van der Waals surface area contributed by atoms with E-state index in [2.05, 4.69) is 0 Å². The summed E-state index contributed by atoms with van der Waals surface area (Å²) in [5, 5.41) is 9.02. The number of hydrogen-bond donors (Lipinski definition) is 2. The van der Waals surface area contributed by atoms with E-state index in [4.69, 9.17) is 10.8 Å². The van der Waals surface area contributed by atoms with Gasteiger partial charge in [0.15, 0.2) is 0 Å². The highest BCUT2D eigenvalue weighted by Gasteiger charge is 2.31. The van der Waals surface area contributed by atoms with Gasteiger partial charge in [0.1, 0.15) is 5.75 Å². The van der Waals surface area contributed by atoms with Gasteiger partial charge in [-0.15, -0.1) is 0 Å². The summed E-state index contributed by atoms with van der Waals surface area (Å²) in [6.45, 7) is 0. The van der Waals surface area contributed by atoms with Gasteiger partial charge in [-0.2, -0.15) is 13.2 Å². The van der Waals surface area contributed by atoms with E-state index in [9.17, 15) is 18.0 Å². The quantitative estimate of drug-likeness (QED) is 0.729. The lowest BCUT2D eigenvalue weighted by molar-refractivity contribution is -0.137. The zero-order chi connectivity index (χ0) is 10.9. The van der Waals surface area contributed by atoms with Gasteiger partial charge in [-0.1, -0.05) is 0 Å². The molecule has 0 heterocycles. The van der Waals surface area contributed by atoms with Gasteiger partial charge < -0.3 is 10.8 Å². The molecule has 0 aliphatic heterocycles. The number of rotatable bonds is 1. The highest BCUT2D eigenvalue weighted by atomic mass is 19.4. The number of carbonyl (C=O) groups excluding carboxylic acids is 1. The first-order valence-corrected chi connectivity index (χ1v) is 3.52. The molecule has 76 valence electrons. The van der Waals surface area contributed by atoms with Gasteiger partial charge in [-0.25, -0.2) is 0 Å². The summed E-state index contributed by atoms with van der Waals surface area (Å²) in [6, 6.07) is 1.97. The number of carbonyl (C=O) groups is 1. The molecule has 0 aliphatic rings. The smallest absolute Gasteiger partial charge is 0.416 e. The minimum atomic E-state index is -4.55. The molecule has 0 unspecified atom stereocenters. The van der Waals surface area contributed by atoms with E-state index in [1.165, 1.54) is 0 Å². The van der Waals surface area contributed by atoms with Gasteiger partial charge in [0.05, 0.1) is 11.1 Å². The summed E-state index contributed by atoms with van der Waals surface area (Å²) >= 11 is 0. The molecular formula is C8H6F3NO2. The average molecular weight is 205 g/mol. The van der Waals surface area contributed by atoms with Gasteiger partial charge in [-0.05, 0) is 18.2 Å². The maximum Gasteiger partial charge on any atom is 0.416 e. The number of alkyl halides is 3. The van der Waals surface area contributed by atoms with Crippen LogP contribution in [0.25, 0.3) is 0 Å². The Morgan fingerprint density at radius 1 is 1.36 bits per heavy atom. The Morgan fingerprint density at radius 3 is 2.29 bits per heavy atom. The topological polar surface area (TPSA) is 63.3 Å². The summed E-state index contributed by atoms with van der Waals surface area (Å²) in [7, 11) is 0. The zero-order valence-electron chi connectivity index (χ0n) is 6.80. The van der Waals surface area contributed by atoms with Crippen LogP contribution >= 0.6 is 0 Å². The van der Waals surface area contributed by atoms with Crippen molar-refractivity contribution in [3.63, 3.8) is 0 Å². The fraction of sp³-hybridized carbons (Fsp3) is 0.125. The van der Waals surface area contributed by atoms with Crippen LogP contribution in [-0.4, -0.2) is 11.0 Å². The van der Waals surface area contributed by atoms with Gasteiger partial charge in [0.2, 0.25) is 0 Å². The molecule has 0 aliphatic carbocycles. The number of hydrogen-bond acceptors (Lipinski definition) is 2. The van der Waals surface area contributed by atoms with E-state index in [1.807, 2.05) is 0 Å². The number of benzene rings is 1. The monoisotopic (exact) mass is 205 g/mol. The number of nitrogens with two attached hydrogens (primary N) is 1. The molecule has 0 saturated carbocycles. The summed E-state index contributed by atoms with van der Waals surface area (Å²) in [5.74, 6) is -1.75. The summed E-state index contributed by atoms with van der Waals surface area (Å²) in [4.78, 5) is 10.6. The van der Waals surface area contributed by atoms with Crippen LogP contribution in [0.2, 0.25) is 0 Å². The van der Waals surface area contributed by atoms with Crippen molar-refractivity contribution in [2.24, 2.45) is 5.73 Å². The van der Waals surface area contributed by atoms with Crippen LogP contribution in [-0.2, 0) is 6.18 Å². The van der Waals surface area contributed by atoms with Crippen LogP contribution in [0.4, 0.5) is 13.2 Å². The second-order valence-electron chi connectivity index (χ2n) is 2.59. The number of aromatic hydroxyl groups is 1. The van der Waals surface area contributed by atoms with Crippen molar-refractivity contribution in [1.29, 1.82) is 0 Å². The highest BCUT2D eigenvalue weighted by Crippen LogP contribution is 2.32. The van der Waals surface area contributed by atoms with Crippen LogP contribution in [0.3, 0.4) is 0 Å². The van der Waals surface area contributed by atoms with Gasteiger partial charge in [-0.3, -0.25) is 4.79 Å². The largest absolute Gasteiger partial charge is 0.507 e. The van der Waals surface area contributed by atoms with Crippen LogP contribution in [0.1, 0.15) is 15.9 Å². The molecule has 0 aromatic heterocycles. The van der Waals surface area contributed by atoms with Crippen molar-refractivity contribution in [1.82, 2.24) is 0 Å². The highest BCUT2D eigenvalue weighted by molar-refractivity contribution is 5.95. The molecule has 1 rings (SSSR count). The van der Waals surface area contributed by atoms with Gasteiger partial charge in [0.25, 0.3) is 5.91 Å². The Labute approximate surface area is 77.0 Å². The lowest BCUT2D eigenvalue weighted by atomic mass is 10.1. The third-order valence-electron chi connectivity index (χ3n) is 1.59. The molecular weight excluding hydrogens is 199 g/mol. The molecule has 3 N–H and O–H groups in total. The first-order valence-electron chi connectivity index (χ1n) is 3.52.